The van der Waals surface area contributed by atoms with Crippen LogP contribution in [0.5, 0.6) is 0 Å². The van der Waals surface area contributed by atoms with Crippen LogP contribution in [0.1, 0.15) is 5.56 Å². The summed E-state index contributed by atoms with van der Waals surface area (Å²) in [5, 5.41) is 0. The van der Waals surface area contributed by atoms with Gasteiger partial charge in [-0.2, -0.15) is 0 Å². The van der Waals surface area contributed by atoms with E-state index in [-0.39, 0.29) is 5.91 Å². The van der Waals surface area contributed by atoms with Crippen LogP contribution in [0.3, 0.4) is 0 Å². The maximum absolute atomic E-state index is 13.3. The average molecular weight is 492 g/mol. The number of para-hydroxylation sites is 1. The Labute approximate surface area is 188 Å². The normalized spacial score (nSPS) is 15.7. The van der Waals surface area contributed by atoms with E-state index >= 15 is 0 Å². The first-order valence-corrected chi connectivity index (χ1v) is 14.3. The van der Waals surface area contributed by atoms with Gasteiger partial charge in [0.2, 0.25) is 0 Å². The molecule has 0 aliphatic carbocycles. The van der Waals surface area contributed by atoms with E-state index in [1.165, 1.54) is 6.26 Å². The Hall–Kier alpha value is -2.74. The van der Waals surface area contributed by atoms with Crippen LogP contribution < -0.4 is 8.02 Å². The van der Waals surface area contributed by atoms with E-state index < -0.39 is 24.2 Å². The number of hydrogen-bond acceptors (Lipinski definition) is 3. The van der Waals surface area contributed by atoms with Gasteiger partial charge in [-0.05, 0) is 0 Å². The van der Waals surface area contributed by atoms with Crippen molar-refractivity contribution in [2.45, 2.75) is 6.42 Å². The van der Waals surface area contributed by atoms with Crippen LogP contribution in [0.2, 0.25) is 0 Å². The van der Waals surface area contributed by atoms with Gasteiger partial charge in [-0.3, -0.25) is 0 Å². The van der Waals surface area contributed by atoms with E-state index in [0.717, 1.165) is 23.6 Å². The van der Waals surface area contributed by atoms with Gasteiger partial charge in [0.15, 0.2) is 0 Å². The minimum absolute atomic E-state index is 0.0475. The number of amides is 1. The van der Waals surface area contributed by atoms with E-state index in [4.69, 9.17) is 4.99 Å². The van der Waals surface area contributed by atoms with E-state index in [2.05, 4.69) is 71.6 Å². The van der Waals surface area contributed by atoms with E-state index in [9.17, 15) is 4.79 Å². The van der Waals surface area contributed by atoms with Crippen LogP contribution in [-0.4, -0.2) is 29.7 Å². The number of nitrogens with zero attached hydrogens (tertiary/aromatic N) is 3. The zero-order valence-electron chi connectivity index (χ0n) is 16.7. The molecule has 0 saturated heterocycles. The van der Waals surface area contributed by atoms with Gasteiger partial charge in [0.25, 0.3) is 0 Å². The summed E-state index contributed by atoms with van der Waals surface area (Å²) in [4.78, 5) is 22.4. The summed E-state index contributed by atoms with van der Waals surface area (Å²) in [6, 6.07) is 31.2. The average Bonchev–Trinajstić information content (AvgIpc) is 3.11. The summed E-state index contributed by atoms with van der Waals surface area (Å²) in [6.07, 6.45) is 0.582. The van der Waals surface area contributed by atoms with Crippen LogP contribution in [0, 0.1) is 0 Å². The molecule has 0 radical (unpaired) electrons. The summed E-state index contributed by atoms with van der Waals surface area (Å²) in [5.41, 5.74) is 2.93. The third-order valence-electron chi connectivity index (χ3n) is 5.59. The molecule has 0 saturated carbocycles. The number of fused-ring (bicyclic) bond motifs is 1. The molecule has 144 valence electrons. The van der Waals surface area contributed by atoms with Gasteiger partial charge in [0.05, 0.1) is 0 Å². The van der Waals surface area contributed by atoms with Crippen molar-refractivity contribution in [3.8, 4) is 0 Å². The summed E-state index contributed by atoms with van der Waals surface area (Å²) in [5.74, 6) is 0.976. The predicted molar refractivity (Wildman–Crippen MR) is 116 cm³/mol. The van der Waals surface area contributed by atoms with Crippen LogP contribution in [-0.2, 0) is 35.5 Å². The van der Waals surface area contributed by atoms with Gasteiger partial charge >= 0.3 is 189 Å². The molecule has 0 unspecified atom stereocenters. The Kier molecular flexibility index (Phi) is 5.49. The second kappa shape index (κ2) is 8.55. The molecule has 0 N–H and O–H groups in total. The molecule has 5 rings (SSSR count). The number of aliphatic imine (C=N–C) groups is 1. The molecule has 0 spiro atoms. The molecule has 5 heteroatoms. The molecule has 30 heavy (non-hydrogen) atoms. The summed E-state index contributed by atoms with van der Waals surface area (Å²) < 4.78 is 2.82. The number of anilines is 1. The molecule has 0 fully saturated rings. The molecule has 2 heterocycles. The Bertz CT molecular complexity index is 1110. The van der Waals surface area contributed by atoms with Crippen molar-refractivity contribution in [2.24, 2.45) is 4.99 Å². The number of rotatable bonds is 5. The molecule has 0 aromatic heterocycles. The zero-order chi connectivity index (χ0) is 20.3. The summed E-state index contributed by atoms with van der Waals surface area (Å²) in [6.45, 7) is 1.42. The van der Waals surface area contributed by atoms with E-state index in [1.807, 2.05) is 29.2 Å². The number of benzene rings is 3. The topological polar surface area (TPSA) is 35.9 Å². The van der Waals surface area contributed by atoms with Crippen molar-refractivity contribution in [3.63, 3.8) is 0 Å². The van der Waals surface area contributed by atoms with Gasteiger partial charge in [-0.25, -0.2) is 0 Å². The fourth-order valence-corrected chi connectivity index (χ4v) is 9.27. The Morgan fingerprint density at radius 1 is 0.833 bits per heavy atom. The zero-order valence-corrected chi connectivity index (χ0v) is 20.8. The van der Waals surface area contributed by atoms with E-state index in [0.29, 0.717) is 18.8 Å². The molecule has 2 aliphatic rings. The van der Waals surface area contributed by atoms with Crippen LogP contribution in [0.4, 0.5) is 5.69 Å². The Balaban J connectivity index is 1.50. The standard InChI is InChI=1S/C19H16N3O.C6H5.Cd/c23-19-17(13-15-7-3-1-4-8-15)20-18-11-12-21(14-22(18)19)16-9-5-2-6-10-16;1-2-4-6-5-3-1;/h1-10H,12-14H2;1-5H;. The van der Waals surface area contributed by atoms with Gasteiger partial charge in [-0.1, -0.05) is 0 Å². The molecule has 1 amide bonds. The van der Waals surface area contributed by atoms with Crippen LogP contribution >= 0.6 is 0 Å². The van der Waals surface area contributed by atoms with Crippen molar-refractivity contribution in [1.29, 1.82) is 0 Å². The van der Waals surface area contributed by atoms with E-state index in [1.54, 1.807) is 0 Å². The van der Waals surface area contributed by atoms with Crippen molar-refractivity contribution in [2.75, 3.05) is 18.1 Å². The number of carbonyl (C=O) groups excluding carboxylic acids is 1. The van der Waals surface area contributed by atoms with Crippen LogP contribution in [0.25, 0.3) is 0 Å². The quantitative estimate of drug-likeness (QED) is 0.512. The Morgan fingerprint density at radius 2 is 1.47 bits per heavy atom. The molecular formula is C25H21CdN3O. The monoisotopic (exact) mass is 493 g/mol. The third-order valence-corrected chi connectivity index (χ3v) is 10.9. The summed E-state index contributed by atoms with van der Waals surface area (Å²) >= 11 is -1.49. The van der Waals surface area contributed by atoms with Crippen molar-refractivity contribution < 1.29 is 29.0 Å². The first-order chi connectivity index (χ1) is 14.8. The first kappa shape index (κ1) is 19.2. The van der Waals surface area contributed by atoms with Gasteiger partial charge in [0.1, 0.15) is 0 Å². The molecular weight excluding hydrogens is 471 g/mol. The molecule has 0 bridgehead atoms. The van der Waals surface area contributed by atoms with Crippen molar-refractivity contribution in [3.05, 3.63) is 106 Å². The van der Waals surface area contributed by atoms with Crippen LogP contribution in [0.15, 0.2) is 105 Å². The molecule has 4 nitrogen and oxygen atoms in total. The molecule has 0 atom stereocenters. The predicted octanol–water partition coefficient (Wildman–Crippen LogP) is 3.57. The third kappa shape index (κ3) is 3.96. The van der Waals surface area contributed by atoms with Gasteiger partial charge < -0.3 is 0 Å². The molecule has 2 aliphatic heterocycles. The fraction of sp³-hybridized carbons (Fsp3) is 0.120. The van der Waals surface area contributed by atoms with Gasteiger partial charge in [0, 0.05) is 0 Å². The fourth-order valence-electron chi connectivity index (χ4n) is 4.10. The molecule has 3 aromatic carbocycles. The number of hydrogen-bond donors (Lipinski definition) is 0. The van der Waals surface area contributed by atoms with Crippen molar-refractivity contribution in [1.82, 2.24) is 4.90 Å². The summed E-state index contributed by atoms with van der Waals surface area (Å²) in [7, 11) is 0. The Morgan fingerprint density at radius 3 is 2.17 bits per heavy atom. The number of carbonyl (C=O) groups is 1. The second-order valence-corrected chi connectivity index (χ2v) is 13.5. The SMILES string of the molecule is O=C1C(Cc2ccccc2)=NC2=[C]([Cd][c]3ccccc3)CN(c3ccccc3)CN12. The molecule has 3 aromatic rings. The second-order valence-electron chi connectivity index (χ2n) is 7.72. The van der Waals surface area contributed by atoms with Crippen molar-refractivity contribution >= 4 is 20.4 Å². The first-order valence-electron chi connectivity index (χ1n) is 10.3. The minimum atomic E-state index is -1.49. The maximum atomic E-state index is 13.3. The van der Waals surface area contributed by atoms with Gasteiger partial charge in [-0.15, -0.1) is 0 Å².